The number of hydrogen-bond acceptors (Lipinski definition) is 5. The van der Waals surface area contributed by atoms with E-state index in [0.29, 0.717) is 5.56 Å². The standard InChI is InChI=1S/C14H17NO4/c1-4-19-13(17)6-12(10(3)16)14(18)11-5-9(2)7-15-8-11/h5,7-8,12H,4,6H2,1-3H3. The van der Waals surface area contributed by atoms with Gasteiger partial charge < -0.3 is 4.74 Å². The molecule has 0 saturated carbocycles. The van der Waals surface area contributed by atoms with E-state index in [9.17, 15) is 14.4 Å². The van der Waals surface area contributed by atoms with Gasteiger partial charge in [0.2, 0.25) is 0 Å². The number of nitrogens with zero attached hydrogens (tertiary/aromatic N) is 1. The normalized spacial score (nSPS) is 11.7. The largest absolute Gasteiger partial charge is 0.466 e. The van der Waals surface area contributed by atoms with E-state index in [1.807, 2.05) is 0 Å². The maximum atomic E-state index is 12.2. The van der Waals surface area contributed by atoms with Crippen LogP contribution in [0.25, 0.3) is 0 Å². The summed E-state index contributed by atoms with van der Waals surface area (Å²) in [4.78, 5) is 39.1. The second-order valence-corrected chi connectivity index (χ2v) is 4.29. The van der Waals surface area contributed by atoms with Crippen molar-refractivity contribution in [3.63, 3.8) is 0 Å². The highest BCUT2D eigenvalue weighted by atomic mass is 16.5. The Morgan fingerprint density at radius 3 is 2.53 bits per heavy atom. The maximum Gasteiger partial charge on any atom is 0.306 e. The van der Waals surface area contributed by atoms with Crippen LogP contribution in [-0.4, -0.2) is 29.1 Å². The molecule has 1 aromatic rings. The molecule has 1 atom stereocenters. The van der Waals surface area contributed by atoms with Crippen LogP contribution in [0, 0.1) is 12.8 Å². The number of esters is 1. The lowest BCUT2D eigenvalue weighted by molar-refractivity contribution is -0.145. The van der Waals surface area contributed by atoms with Crippen LogP contribution in [0.5, 0.6) is 0 Å². The second-order valence-electron chi connectivity index (χ2n) is 4.29. The van der Waals surface area contributed by atoms with E-state index in [2.05, 4.69) is 4.98 Å². The van der Waals surface area contributed by atoms with Crippen LogP contribution in [-0.2, 0) is 14.3 Å². The average molecular weight is 263 g/mol. The minimum atomic E-state index is -0.998. The molecule has 0 aliphatic heterocycles. The molecule has 0 aliphatic carbocycles. The Balaban J connectivity index is 2.90. The molecule has 19 heavy (non-hydrogen) atoms. The number of hydrogen-bond donors (Lipinski definition) is 0. The number of rotatable bonds is 6. The second kappa shape index (κ2) is 6.78. The van der Waals surface area contributed by atoms with E-state index >= 15 is 0 Å². The highest BCUT2D eigenvalue weighted by molar-refractivity contribution is 6.11. The molecule has 0 spiro atoms. The molecule has 1 aromatic heterocycles. The molecular weight excluding hydrogens is 246 g/mol. The summed E-state index contributed by atoms with van der Waals surface area (Å²) in [6.45, 7) is 5.00. The Bertz CT molecular complexity index is 496. The van der Waals surface area contributed by atoms with Crippen LogP contribution in [0.1, 0.15) is 36.2 Å². The summed E-state index contributed by atoms with van der Waals surface area (Å²) >= 11 is 0. The van der Waals surface area contributed by atoms with E-state index in [-0.39, 0.29) is 18.8 Å². The van der Waals surface area contributed by atoms with Crippen molar-refractivity contribution in [3.8, 4) is 0 Å². The number of aryl methyl sites for hydroxylation is 1. The van der Waals surface area contributed by atoms with Gasteiger partial charge in [-0.1, -0.05) is 0 Å². The van der Waals surface area contributed by atoms with Gasteiger partial charge in [-0.25, -0.2) is 0 Å². The van der Waals surface area contributed by atoms with Crippen LogP contribution in [0.2, 0.25) is 0 Å². The summed E-state index contributed by atoms with van der Waals surface area (Å²) in [7, 11) is 0. The van der Waals surface area contributed by atoms with E-state index in [4.69, 9.17) is 4.74 Å². The molecule has 0 radical (unpaired) electrons. The number of ketones is 2. The van der Waals surface area contributed by atoms with Crippen molar-refractivity contribution in [2.24, 2.45) is 5.92 Å². The summed E-state index contributed by atoms with van der Waals surface area (Å²) in [5, 5.41) is 0. The number of carbonyl (C=O) groups excluding carboxylic acids is 3. The number of aromatic nitrogens is 1. The summed E-state index contributed by atoms with van der Waals surface area (Å²) in [5.74, 6) is -2.28. The van der Waals surface area contributed by atoms with E-state index < -0.39 is 17.7 Å². The van der Waals surface area contributed by atoms with Crippen molar-refractivity contribution >= 4 is 17.5 Å². The molecule has 0 aromatic carbocycles. The SMILES string of the molecule is CCOC(=O)CC(C(C)=O)C(=O)c1cncc(C)c1. The molecular formula is C14H17NO4. The van der Waals surface area contributed by atoms with Crippen LogP contribution < -0.4 is 0 Å². The lowest BCUT2D eigenvalue weighted by atomic mass is 9.92. The van der Waals surface area contributed by atoms with Crippen molar-refractivity contribution in [1.82, 2.24) is 4.98 Å². The van der Waals surface area contributed by atoms with Crippen LogP contribution in [0.15, 0.2) is 18.5 Å². The zero-order valence-corrected chi connectivity index (χ0v) is 11.3. The maximum absolute atomic E-state index is 12.2. The third-order valence-corrected chi connectivity index (χ3v) is 2.64. The average Bonchev–Trinajstić information content (AvgIpc) is 2.35. The van der Waals surface area contributed by atoms with Crippen LogP contribution in [0.3, 0.4) is 0 Å². The number of ether oxygens (including phenoxy) is 1. The van der Waals surface area contributed by atoms with Crippen LogP contribution in [0.4, 0.5) is 0 Å². The van der Waals surface area contributed by atoms with Gasteiger partial charge in [0.25, 0.3) is 0 Å². The monoisotopic (exact) mass is 263 g/mol. The van der Waals surface area contributed by atoms with Gasteiger partial charge in [-0.2, -0.15) is 0 Å². The van der Waals surface area contributed by atoms with Crippen molar-refractivity contribution in [1.29, 1.82) is 0 Å². The Hall–Kier alpha value is -2.04. The van der Waals surface area contributed by atoms with E-state index in [0.717, 1.165) is 5.56 Å². The van der Waals surface area contributed by atoms with E-state index in [1.54, 1.807) is 26.1 Å². The number of pyridine rings is 1. The Labute approximate surface area is 112 Å². The van der Waals surface area contributed by atoms with Gasteiger partial charge in [-0.3, -0.25) is 19.4 Å². The molecule has 5 heteroatoms. The van der Waals surface area contributed by atoms with Gasteiger partial charge in [0.15, 0.2) is 5.78 Å². The summed E-state index contributed by atoms with van der Waals surface area (Å²) in [5.41, 5.74) is 1.16. The predicted octanol–water partition coefficient (Wildman–Crippen LogP) is 1.73. The Kier molecular flexibility index (Phi) is 5.36. The van der Waals surface area contributed by atoms with Crippen molar-refractivity contribution in [3.05, 3.63) is 29.6 Å². The molecule has 0 N–H and O–H groups in total. The van der Waals surface area contributed by atoms with Crippen LogP contribution >= 0.6 is 0 Å². The van der Waals surface area contributed by atoms with Gasteiger partial charge in [0.05, 0.1) is 18.9 Å². The fraction of sp³-hybridized carbons (Fsp3) is 0.429. The fourth-order valence-corrected chi connectivity index (χ4v) is 1.70. The minimum Gasteiger partial charge on any atom is -0.466 e. The minimum absolute atomic E-state index is 0.226. The van der Waals surface area contributed by atoms with E-state index in [1.165, 1.54) is 13.1 Å². The summed E-state index contributed by atoms with van der Waals surface area (Å²) in [6.07, 6.45) is 2.79. The highest BCUT2D eigenvalue weighted by Gasteiger charge is 2.28. The number of carbonyl (C=O) groups is 3. The van der Waals surface area contributed by atoms with Gasteiger partial charge in [0.1, 0.15) is 5.78 Å². The summed E-state index contributed by atoms with van der Waals surface area (Å²) < 4.78 is 4.77. The Morgan fingerprint density at radius 1 is 1.32 bits per heavy atom. The van der Waals surface area contributed by atoms with Crippen molar-refractivity contribution < 1.29 is 19.1 Å². The van der Waals surface area contributed by atoms with Crippen molar-refractivity contribution in [2.75, 3.05) is 6.61 Å². The molecule has 0 bridgehead atoms. The van der Waals surface area contributed by atoms with Gasteiger partial charge in [-0.05, 0) is 32.4 Å². The summed E-state index contributed by atoms with van der Waals surface area (Å²) in [6, 6.07) is 1.65. The Morgan fingerprint density at radius 2 is 2.00 bits per heavy atom. The first-order valence-corrected chi connectivity index (χ1v) is 6.07. The highest BCUT2D eigenvalue weighted by Crippen LogP contribution is 2.15. The first-order chi connectivity index (χ1) is 8.95. The molecule has 1 unspecified atom stereocenters. The van der Waals surface area contributed by atoms with Gasteiger partial charge in [0, 0.05) is 18.0 Å². The molecule has 0 amide bonds. The quantitative estimate of drug-likeness (QED) is 0.444. The van der Waals surface area contributed by atoms with Gasteiger partial charge in [-0.15, -0.1) is 0 Å². The third-order valence-electron chi connectivity index (χ3n) is 2.64. The first-order valence-electron chi connectivity index (χ1n) is 6.07. The smallest absolute Gasteiger partial charge is 0.306 e. The predicted molar refractivity (Wildman–Crippen MR) is 68.7 cm³/mol. The lowest BCUT2D eigenvalue weighted by Crippen LogP contribution is -2.26. The van der Waals surface area contributed by atoms with Gasteiger partial charge >= 0.3 is 5.97 Å². The topological polar surface area (TPSA) is 73.3 Å². The molecule has 5 nitrogen and oxygen atoms in total. The molecule has 1 heterocycles. The molecule has 102 valence electrons. The first kappa shape index (κ1) is 15.0. The third kappa shape index (κ3) is 4.28. The molecule has 0 aliphatic rings. The molecule has 0 fully saturated rings. The number of Topliss-reactive ketones (excluding diaryl/α,β-unsaturated/α-hetero) is 2. The van der Waals surface area contributed by atoms with Crippen molar-refractivity contribution in [2.45, 2.75) is 27.2 Å². The zero-order valence-electron chi connectivity index (χ0n) is 11.3. The zero-order chi connectivity index (χ0) is 14.4. The fourth-order valence-electron chi connectivity index (χ4n) is 1.70. The molecule has 1 rings (SSSR count). The molecule has 0 saturated heterocycles. The lowest BCUT2D eigenvalue weighted by Gasteiger charge is -2.12.